The van der Waals surface area contributed by atoms with E-state index in [1.165, 1.54) is 16.9 Å². The summed E-state index contributed by atoms with van der Waals surface area (Å²) in [5.41, 5.74) is 3.31. The third kappa shape index (κ3) is 7.45. The topological polar surface area (TPSA) is 154 Å². The minimum Gasteiger partial charge on any atom is -0.350 e. The van der Waals surface area contributed by atoms with Gasteiger partial charge in [-0.1, -0.05) is 22.8 Å². The van der Waals surface area contributed by atoms with E-state index in [0.717, 1.165) is 11.0 Å². The summed E-state index contributed by atoms with van der Waals surface area (Å²) < 4.78 is 38.5. The van der Waals surface area contributed by atoms with Gasteiger partial charge in [-0.05, 0) is 63.1 Å². The summed E-state index contributed by atoms with van der Waals surface area (Å²) in [4.78, 5) is 30.6. The SMILES string of the molecule is Cc1cc(C)c(NC(=O)c2cc(C[NH2+]N=NC(=N)C(F)(F)F)nn2-c2ncccc2Cl)c(C(=O)NC(C)C)c1. The number of aromatic nitrogens is 3. The number of halogens is 4. The number of rotatable bonds is 8. The minimum absolute atomic E-state index is 0.00540. The number of pyridine rings is 1. The fourth-order valence-corrected chi connectivity index (χ4v) is 3.71. The van der Waals surface area contributed by atoms with Crippen molar-refractivity contribution in [1.29, 1.82) is 5.41 Å². The first-order valence-corrected chi connectivity index (χ1v) is 12.0. The number of benzene rings is 1. The molecule has 0 saturated heterocycles. The molecule has 0 fully saturated rings. The van der Waals surface area contributed by atoms with Crippen molar-refractivity contribution in [2.24, 2.45) is 10.3 Å². The summed E-state index contributed by atoms with van der Waals surface area (Å²) in [6.07, 6.45) is -3.47. The van der Waals surface area contributed by atoms with E-state index in [9.17, 15) is 22.8 Å². The van der Waals surface area contributed by atoms with Crippen LogP contribution in [0.15, 0.2) is 46.9 Å². The number of hydrogen-bond donors (Lipinski definition) is 4. The highest BCUT2D eigenvalue weighted by Gasteiger charge is 2.35. The second kappa shape index (κ2) is 12.1. The van der Waals surface area contributed by atoms with Crippen LogP contribution in [0.3, 0.4) is 0 Å². The van der Waals surface area contributed by atoms with E-state index in [0.29, 0.717) is 11.3 Å². The molecule has 0 aliphatic rings. The molecule has 5 N–H and O–H groups in total. The van der Waals surface area contributed by atoms with Crippen molar-refractivity contribution >= 4 is 34.9 Å². The van der Waals surface area contributed by atoms with Crippen molar-refractivity contribution in [3.05, 3.63) is 69.6 Å². The smallest absolute Gasteiger partial charge is 0.350 e. The molecule has 1 aromatic carbocycles. The van der Waals surface area contributed by atoms with Crippen LogP contribution in [0.25, 0.3) is 5.82 Å². The Kier molecular flexibility index (Phi) is 9.14. The van der Waals surface area contributed by atoms with Gasteiger partial charge in [0.05, 0.1) is 16.3 Å². The molecule has 0 bridgehead atoms. The molecule has 39 heavy (non-hydrogen) atoms. The van der Waals surface area contributed by atoms with Crippen molar-refractivity contribution in [3.63, 3.8) is 0 Å². The van der Waals surface area contributed by atoms with Crippen LogP contribution in [0, 0.1) is 19.3 Å². The predicted molar refractivity (Wildman–Crippen MR) is 137 cm³/mol. The zero-order chi connectivity index (χ0) is 28.9. The van der Waals surface area contributed by atoms with Gasteiger partial charge in [0.25, 0.3) is 17.6 Å². The number of anilines is 1. The van der Waals surface area contributed by atoms with E-state index in [-0.39, 0.29) is 46.3 Å². The molecular formula is C24H26ClF3N9O2+. The largest absolute Gasteiger partial charge is 0.453 e. The van der Waals surface area contributed by atoms with Crippen LogP contribution in [-0.4, -0.2) is 44.6 Å². The molecule has 2 aromatic heterocycles. The van der Waals surface area contributed by atoms with E-state index in [4.69, 9.17) is 17.0 Å². The molecule has 0 radical (unpaired) electrons. The summed E-state index contributed by atoms with van der Waals surface area (Å²) in [5.74, 6) is -2.72. The first-order chi connectivity index (χ1) is 18.3. The second-order valence-corrected chi connectivity index (χ2v) is 9.18. The lowest BCUT2D eigenvalue weighted by Gasteiger charge is -2.17. The Morgan fingerprint density at radius 2 is 1.92 bits per heavy atom. The predicted octanol–water partition coefficient (Wildman–Crippen LogP) is 3.90. The van der Waals surface area contributed by atoms with Gasteiger partial charge in [-0.3, -0.25) is 15.0 Å². The van der Waals surface area contributed by atoms with E-state index in [1.54, 1.807) is 25.1 Å². The quantitative estimate of drug-likeness (QED) is 0.108. The summed E-state index contributed by atoms with van der Waals surface area (Å²) in [7, 11) is 0. The first kappa shape index (κ1) is 29.4. The molecule has 0 spiro atoms. The van der Waals surface area contributed by atoms with Crippen LogP contribution in [-0.2, 0) is 6.54 Å². The Bertz CT molecular complexity index is 1430. The Labute approximate surface area is 226 Å². The highest BCUT2D eigenvalue weighted by atomic mass is 35.5. The average Bonchev–Trinajstić information content (AvgIpc) is 3.26. The molecule has 3 rings (SSSR count). The Morgan fingerprint density at radius 1 is 1.21 bits per heavy atom. The maximum Gasteiger partial charge on any atom is 0.453 e. The van der Waals surface area contributed by atoms with Gasteiger partial charge in [0.1, 0.15) is 17.9 Å². The van der Waals surface area contributed by atoms with Gasteiger partial charge in [-0.2, -0.15) is 23.7 Å². The van der Waals surface area contributed by atoms with Crippen molar-refractivity contribution in [1.82, 2.24) is 20.1 Å². The molecule has 0 aliphatic heterocycles. The van der Waals surface area contributed by atoms with Crippen molar-refractivity contribution in [2.75, 3.05) is 5.32 Å². The number of quaternary nitrogens is 1. The minimum atomic E-state index is -4.92. The van der Waals surface area contributed by atoms with Crippen molar-refractivity contribution < 1.29 is 28.2 Å². The maximum atomic E-state index is 13.5. The van der Waals surface area contributed by atoms with Crippen molar-refractivity contribution in [3.8, 4) is 5.82 Å². The monoisotopic (exact) mass is 564 g/mol. The number of amides is 2. The molecule has 0 saturated carbocycles. The Balaban J connectivity index is 1.96. The van der Waals surface area contributed by atoms with E-state index < -0.39 is 17.9 Å². The van der Waals surface area contributed by atoms with Crippen molar-refractivity contribution in [2.45, 2.75) is 46.5 Å². The summed E-state index contributed by atoms with van der Waals surface area (Å²) in [5, 5.41) is 23.0. The lowest BCUT2D eigenvalue weighted by atomic mass is 10.0. The zero-order valence-corrected chi connectivity index (χ0v) is 22.1. The van der Waals surface area contributed by atoms with Gasteiger partial charge in [-0.25, -0.2) is 9.67 Å². The normalized spacial score (nSPS) is 11.7. The molecular weight excluding hydrogens is 539 g/mol. The second-order valence-electron chi connectivity index (χ2n) is 8.78. The number of nitrogens with one attached hydrogen (secondary N) is 3. The van der Waals surface area contributed by atoms with Gasteiger partial charge in [0.2, 0.25) is 0 Å². The summed E-state index contributed by atoms with van der Waals surface area (Å²) in [6, 6.07) is 7.88. The van der Waals surface area contributed by atoms with Crippen LogP contribution in [0.5, 0.6) is 0 Å². The summed E-state index contributed by atoms with van der Waals surface area (Å²) in [6.45, 7) is 7.11. The van der Waals surface area contributed by atoms with Gasteiger partial charge in [0.15, 0.2) is 5.82 Å². The molecule has 11 nitrogen and oxygen atoms in total. The summed E-state index contributed by atoms with van der Waals surface area (Å²) >= 11 is 6.29. The highest BCUT2D eigenvalue weighted by Crippen LogP contribution is 2.25. The van der Waals surface area contributed by atoms with Crippen LogP contribution >= 0.6 is 11.6 Å². The molecule has 2 heterocycles. The van der Waals surface area contributed by atoms with E-state index >= 15 is 0 Å². The van der Waals surface area contributed by atoms with Crippen LogP contribution in [0.2, 0.25) is 5.02 Å². The van der Waals surface area contributed by atoms with Crippen LogP contribution in [0.1, 0.15) is 51.5 Å². The zero-order valence-electron chi connectivity index (χ0n) is 21.4. The average molecular weight is 565 g/mol. The molecule has 206 valence electrons. The fraction of sp³-hybridized carbons (Fsp3) is 0.292. The molecule has 3 aromatic rings. The molecule has 2 amide bonds. The number of aryl methyl sites for hydroxylation is 2. The fourth-order valence-electron chi connectivity index (χ4n) is 3.51. The standard InChI is InChI=1S/C24H25ClF3N9O2/c1-12(2)32-21(38)16-9-13(3)8-14(4)19(16)33-22(39)18-10-15(11-31-36-34-23(29)24(26,27)28)35-37(18)20-17(25)6-5-7-30-20/h5-10,12H,11H2,1-4H3,(H,32,38)(H,33,39)(H2,29,31,34)/p+1. The molecule has 0 unspecified atom stereocenters. The Morgan fingerprint density at radius 3 is 2.56 bits per heavy atom. The van der Waals surface area contributed by atoms with Gasteiger partial charge in [0, 0.05) is 17.5 Å². The number of hydrogen-bond acceptors (Lipinski definition) is 6. The Hall–Kier alpha value is -4.17. The first-order valence-electron chi connectivity index (χ1n) is 11.6. The number of alkyl halides is 3. The molecule has 15 heteroatoms. The number of nitrogens with zero attached hydrogens (tertiary/aromatic N) is 5. The van der Waals surface area contributed by atoms with E-state index in [1.807, 2.05) is 26.8 Å². The van der Waals surface area contributed by atoms with Crippen LogP contribution < -0.4 is 16.1 Å². The highest BCUT2D eigenvalue weighted by molar-refractivity contribution is 6.32. The lowest BCUT2D eigenvalue weighted by Crippen LogP contribution is -2.76. The number of amidine groups is 1. The van der Waals surface area contributed by atoms with Gasteiger partial charge < -0.3 is 10.6 Å². The number of nitrogens with two attached hydrogens (primary N) is 1. The molecule has 0 aliphatic carbocycles. The van der Waals surface area contributed by atoms with Gasteiger partial charge in [-0.15, -0.1) is 0 Å². The van der Waals surface area contributed by atoms with E-state index in [2.05, 4.69) is 31.1 Å². The molecule has 0 atom stereocenters. The number of carbonyl (C=O) groups is 2. The lowest BCUT2D eigenvalue weighted by molar-refractivity contribution is -0.684. The van der Waals surface area contributed by atoms with Crippen LogP contribution in [0.4, 0.5) is 18.9 Å². The third-order valence-corrected chi connectivity index (χ3v) is 5.42. The maximum absolute atomic E-state index is 13.5. The third-order valence-electron chi connectivity index (χ3n) is 5.12. The van der Waals surface area contributed by atoms with Gasteiger partial charge >= 0.3 is 6.18 Å². The number of carbonyl (C=O) groups excluding carboxylic acids is 2.